The van der Waals surface area contributed by atoms with E-state index in [1.165, 1.54) is 48.5 Å². The number of hydrogen-bond acceptors (Lipinski definition) is 25. The topological polar surface area (TPSA) is 470 Å². The molecule has 33 heteroatoms. The van der Waals surface area contributed by atoms with E-state index < -0.39 is 115 Å². The first-order valence-corrected chi connectivity index (χ1v) is 25.9. The number of rotatable bonds is 20. The van der Waals surface area contributed by atoms with Crippen molar-refractivity contribution in [3.63, 3.8) is 0 Å². The van der Waals surface area contributed by atoms with E-state index in [9.17, 15) is 58.2 Å². The van der Waals surface area contributed by atoms with E-state index in [1.807, 2.05) is 6.11 Å². The van der Waals surface area contributed by atoms with Crippen LogP contribution in [-0.2, 0) is 44.0 Å². The Morgan fingerprint density at radius 3 is 1.73 bits per heavy atom. The molecule has 0 saturated heterocycles. The van der Waals surface area contributed by atoms with Gasteiger partial charge in [-0.3, -0.25) is 23.1 Å². The van der Waals surface area contributed by atoms with E-state index in [0.29, 0.717) is 11.3 Å². The highest BCUT2D eigenvalue weighted by Crippen LogP contribution is 2.53. The molecule has 4 aromatic carbocycles. The molecule has 0 atom stereocenters. The second-order valence-electron chi connectivity index (χ2n) is 12.6. The highest BCUT2D eigenvalue weighted by atomic mass is 32.3. The van der Waals surface area contributed by atoms with Crippen molar-refractivity contribution in [3.8, 4) is 11.4 Å². The van der Waals surface area contributed by atoms with Crippen molar-refractivity contribution in [3.05, 3.63) is 72.3 Å². The lowest BCUT2D eigenvalue weighted by Crippen LogP contribution is -2.13. The zero-order valence-corrected chi connectivity index (χ0v) is 38.3. The van der Waals surface area contributed by atoms with Gasteiger partial charge in [-0.05, 0) is 89.2 Å². The predicted molar refractivity (Wildman–Crippen MR) is 239 cm³/mol. The molecule has 4 aromatic rings. The molecule has 15 N–H and O–H groups in total. The minimum atomic E-state index is -4.89. The highest BCUT2D eigenvalue weighted by Gasteiger charge is 2.28. The van der Waals surface area contributed by atoms with Crippen LogP contribution in [0.5, 0.6) is 0 Å². The summed E-state index contributed by atoms with van der Waals surface area (Å²) in [6, 6.07) is 13.6. The fourth-order valence-corrected chi connectivity index (χ4v) is 9.28. The molecule has 0 aliphatic heterocycles. The minimum absolute atomic E-state index is 0. The molecule has 0 amide bonds. The summed E-state index contributed by atoms with van der Waals surface area (Å²) in [5, 5.41) is 47.8. The van der Waals surface area contributed by atoms with Crippen LogP contribution in [0.2, 0.25) is 0 Å². The molecule has 0 unspecified atom stereocenters. The molecule has 27 nitrogen and oxygen atoms in total. The van der Waals surface area contributed by atoms with Gasteiger partial charge in [0.1, 0.15) is 33.6 Å². The van der Waals surface area contributed by atoms with Gasteiger partial charge < -0.3 is 40.8 Å². The lowest BCUT2D eigenvalue weighted by atomic mass is 10.0. The van der Waals surface area contributed by atoms with Crippen LogP contribution in [0.1, 0.15) is 31.6 Å². The Kier molecular flexibility index (Phi) is 19.5. The third-order valence-corrected chi connectivity index (χ3v) is 13.8. The summed E-state index contributed by atoms with van der Waals surface area (Å²) in [7, 11) is -22.0. The second-order valence-corrected chi connectivity index (χ2v) is 21.3. The molecule has 66 heavy (non-hydrogen) atoms. The SMILES string of the molecule is CCCCS(=O)(=O)c1ccc(N=Nc2c(N)c(N=Nc3ccc(S(O)(O)CCOS(=O)(=O)O)cc3)c(N)c(N=Nc3ccc(SC#COOS(=O)(=O)O)cc3)c2C(O)O)c(S(O)(O)O)c1.O. The number of nitrogens with zero attached hydrogens (tertiary/aromatic N) is 6. The van der Waals surface area contributed by atoms with Gasteiger partial charge >= 0.3 is 20.8 Å². The van der Waals surface area contributed by atoms with Crippen molar-refractivity contribution in [2.75, 3.05) is 29.6 Å². The number of unbranched alkanes of at least 4 members (excludes halogenated alkanes) is 1. The maximum atomic E-state index is 12.9. The van der Waals surface area contributed by atoms with Crippen LogP contribution < -0.4 is 11.5 Å². The molecule has 0 aliphatic carbocycles. The van der Waals surface area contributed by atoms with Gasteiger partial charge in [0, 0.05) is 10.1 Å². The van der Waals surface area contributed by atoms with E-state index >= 15 is 0 Å². The van der Waals surface area contributed by atoms with Crippen LogP contribution in [-0.4, -0.2) is 90.9 Å². The molecule has 0 heterocycles. The van der Waals surface area contributed by atoms with Crippen LogP contribution in [0.15, 0.2) is 117 Å². The zero-order chi connectivity index (χ0) is 48.4. The Hall–Kier alpha value is -4.94. The Balaban J connectivity index is 0.0000116. The van der Waals surface area contributed by atoms with E-state index in [0.717, 1.165) is 30.0 Å². The zero-order valence-electron chi connectivity index (χ0n) is 33.5. The van der Waals surface area contributed by atoms with E-state index in [1.54, 1.807) is 6.92 Å². The number of aliphatic hydroxyl groups excluding tert-OH is 1. The van der Waals surface area contributed by atoms with Crippen molar-refractivity contribution in [1.29, 1.82) is 0 Å². The number of aliphatic hydroxyl groups is 2. The summed E-state index contributed by atoms with van der Waals surface area (Å²) >= 11 is 0.836. The van der Waals surface area contributed by atoms with Crippen LogP contribution in [0.25, 0.3) is 0 Å². The smallest absolute Gasteiger partial charge is 0.412 e. The number of sulfone groups is 1. The lowest BCUT2D eigenvalue weighted by Gasteiger charge is -2.31. The summed E-state index contributed by atoms with van der Waals surface area (Å²) < 4.78 is 145. The fourth-order valence-electron chi connectivity index (χ4n) is 4.94. The molecule has 0 saturated carbocycles. The van der Waals surface area contributed by atoms with Gasteiger partial charge in [0.15, 0.2) is 22.2 Å². The predicted octanol–water partition coefficient (Wildman–Crippen LogP) is 7.10. The number of nitrogens with two attached hydrogens (primary N) is 2. The maximum Gasteiger partial charge on any atom is 0.433 e. The minimum Gasteiger partial charge on any atom is -0.412 e. The number of anilines is 2. The first-order valence-electron chi connectivity index (χ1n) is 17.5. The Labute approximate surface area is 383 Å². The average molecular weight is 1050 g/mol. The molecular formula is C33H40N8O19S6. The van der Waals surface area contributed by atoms with Crippen LogP contribution in [0, 0.1) is 11.4 Å². The molecule has 4 rings (SSSR count). The molecule has 0 bridgehead atoms. The van der Waals surface area contributed by atoms with E-state index in [4.69, 9.17) is 20.6 Å². The normalized spacial score (nSPS) is 13.3. The standard InChI is InChI=1S/C33H38N8O18S6.H2O/c1-2-3-17-61(44,45)24-12-13-25(26(19-24)63(48,49)50)38-40-31-27(33(42)43)30(39-36-20-4-8-22(9-5-20)60-16-14-57-59-65(54,55)56)28(34)32(29(31)35)41-37-21-6-10-23(11-7-21)62(46,47)18-15-58-64(51,52)53;/h4-13,19,33,42-43,46-50H,2-3,15,17-18,34-35H2,1H3,(H,51,52,53)(H,54,55,56);1H2. The lowest BCUT2D eigenvalue weighted by molar-refractivity contribution is -0.135. The first kappa shape index (κ1) is 55.4. The van der Waals surface area contributed by atoms with Gasteiger partial charge in [0.25, 0.3) is 0 Å². The number of hydrogen-bond donors (Lipinski definition) is 11. The second kappa shape index (κ2) is 23.2. The molecule has 0 aliphatic rings. The summed E-state index contributed by atoms with van der Waals surface area (Å²) in [6.07, 6.45) is 0.192. The van der Waals surface area contributed by atoms with Gasteiger partial charge in [0.05, 0.1) is 61.1 Å². The van der Waals surface area contributed by atoms with E-state index in [-0.39, 0.29) is 38.8 Å². The van der Waals surface area contributed by atoms with E-state index in [2.05, 4.69) is 49.3 Å². The molecule has 0 radical (unpaired) electrons. The van der Waals surface area contributed by atoms with Crippen molar-refractivity contribution in [2.24, 2.45) is 30.7 Å². The van der Waals surface area contributed by atoms with Gasteiger partial charge in [-0.15, -0.1) is 20.5 Å². The maximum absolute atomic E-state index is 12.9. The molecular weight excluding hydrogens is 1000 g/mol. The van der Waals surface area contributed by atoms with Gasteiger partial charge in [0.2, 0.25) is 0 Å². The third kappa shape index (κ3) is 16.1. The van der Waals surface area contributed by atoms with Crippen molar-refractivity contribution in [2.45, 2.75) is 45.6 Å². The number of thioether (sulfide) groups is 1. The molecule has 0 spiro atoms. The van der Waals surface area contributed by atoms with Crippen molar-refractivity contribution < 1.29 is 86.2 Å². The fraction of sp³-hybridized carbons (Fsp3) is 0.212. The highest BCUT2D eigenvalue weighted by molar-refractivity contribution is 8.24. The van der Waals surface area contributed by atoms with Crippen molar-refractivity contribution >= 4 is 109 Å². The van der Waals surface area contributed by atoms with Crippen LogP contribution in [0.4, 0.5) is 45.5 Å². The number of azo groups is 3. The van der Waals surface area contributed by atoms with Crippen LogP contribution >= 0.6 is 33.2 Å². The van der Waals surface area contributed by atoms with Gasteiger partial charge in [-0.2, -0.15) is 37.7 Å². The Bertz CT molecular complexity index is 2850. The summed E-state index contributed by atoms with van der Waals surface area (Å²) in [6.45, 7) is 1.00. The first-order chi connectivity index (χ1) is 30.2. The quantitative estimate of drug-likeness (QED) is 0.00614. The Morgan fingerprint density at radius 2 is 1.21 bits per heavy atom. The monoisotopic (exact) mass is 1040 g/mol. The average Bonchev–Trinajstić information content (AvgIpc) is 3.21. The molecule has 362 valence electrons. The van der Waals surface area contributed by atoms with Crippen LogP contribution in [0.3, 0.4) is 0 Å². The van der Waals surface area contributed by atoms with Gasteiger partial charge in [-0.1, -0.05) is 13.3 Å². The third-order valence-electron chi connectivity index (χ3n) is 7.95. The van der Waals surface area contributed by atoms with Crippen molar-refractivity contribution in [1.82, 2.24) is 0 Å². The number of benzene rings is 4. The van der Waals surface area contributed by atoms with Gasteiger partial charge in [-0.25, -0.2) is 12.6 Å². The Morgan fingerprint density at radius 1 is 0.682 bits per heavy atom. The molecule has 0 aromatic heterocycles. The molecule has 0 fully saturated rings. The summed E-state index contributed by atoms with van der Waals surface area (Å²) in [5.41, 5.74) is 9.30. The number of nitrogen functional groups attached to an aromatic ring is 2. The summed E-state index contributed by atoms with van der Waals surface area (Å²) in [4.78, 5) is 3.27. The largest absolute Gasteiger partial charge is 0.433 e. The summed E-state index contributed by atoms with van der Waals surface area (Å²) in [5.74, 6) is -0.901.